The first-order chi connectivity index (χ1) is 52.9. The summed E-state index contributed by atoms with van der Waals surface area (Å²) in [5, 5.41) is 5.20. The van der Waals surface area contributed by atoms with E-state index in [-0.39, 0.29) is 23.6 Å². The lowest BCUT2D eigenvalue weighted by atomic mass is 9.78. The molecule has 108 heavy (non-hydrogen) atoms. The summed E-state index contributed by atoms with van der Waals surface area (Å²) in [5.41, 5.74) is 21.4. The fraction of sp³-hybridized carbons (Fsp3) is 0.0625. The van der Waals surface area contributed by atoms with Crippen molar-refractivity contribution < 1.29 is 9.31 Å². The van der Waals surface area contributed by atoms with Gasteiger partial charge in [-0.15, -0.1) is 0 Å². The van der Waals surface area contributed by atoms with Crippen LogP contribution in [0.4, 0.5) is 0 Å². The van der Waals surface area contributed by atoms with Crippen LogP contribution in [0.25, 0.3) is 156 Å². The first-order valence-electron chi connectivity index (χ1n) is 36.3. The molecule has 10 nitrogen and oxygen atoms in total. The molecule has 0 N–H and O–H groups in total. The second-order valence-corrected chi connectivity index (χ2v) is 28.2. The molecule has 0 aliphatic carbocycles. The van der Waals surface area contributed by atoms with E-state index in [1.165, 1.54) is 77.1 Å². The summed E-state index contributed by atoms with van der Waals surface area (Å²) in [5.74, 6) is 3.12. The van der Waals surface area contributed by atoms with Crippen LogP contribution in [0.2, 0.25) is 5.28 Å². The van der Waals surface area contributed by atoms with Crippen molar-refractivity contribution >= 4 is 67.8 Å². The Morgan fingerprint density at radius 1 is 0.241 bits per heavy atom. The Labute approximate surface area is 633 Å². The van der Waals surface area contributed by atoms with Crippen LogP contribution in [0.3, 0.4) is 0 Å². The molecule has 4 aromatic heterocycles. The fourth-order valence-corrected chi connectivity index (χ4v) is 14.3. The van der Waals surface area contributed by atoms with E-state index >= 15 is 0 Å². The maximum atomic E-state index is 6.32. The van der Waals surface area contributed by atoms with Gasteiger partial charge in [0.05, 0.1) is 33.3 Å². The third kappa shape index (κ3) is 13.9. The summed E-state index contributed by atoms with van der Waals surface area (Å²) in [6.45, 7) is 8.37. The van der Waals surface area contributed by atoms with Gasteiger partial charge in [0.1, 0.15) is 0 Å². The molecule has 1 saturated heterocycles. The van der Waals surface area contributed by atoms with Crippen molar-refractivity contribution in [2.24, 2.45) is 0 Å². The standard InChI is InChI=1S/C45H30N4.C36H32BNO2.C15H10ClN3/c1-4-14-31(15-5-1)43-46-44(32-16-6-2-7-17-32)48-45(47-43)37-21-13-20-35(29-37)33-18-12-19-34(28-33)36-26-27-42-40(30-36)39-24-10-11-25-41(39)49(42)38-22-8-3-9-23-38;1-35(2)36(3,4)40-37(39-35)29-15-11-14-27(23-29)25-12-10-13-26(22-25)28-20-21-34-32(24-28)31-18-8-9-19-33(31)38(34)30-16-6-5-7-17-30;16-15-18-13(11-7-3-1-4-8-11)17-14(19-15)12-9-5-2-6-10-12/h1-30H;5-24H,1-4H3;1-10H. The van der Waals surface area contributed by atoms with Crippen LogP contribution in [-0.4, -0.2) is 57.4 Å². The number of nitrogens with zero attached hydrogens (tertiary/aromatic N) is 8. The van der Waals surface area contributed by atoms with Crippen LogP contribution in [-0.2, 0) is 9.31 Å². The first kappa shape index (κ1) is 68.1. The normalized spacial score (nSPS) is 12.9. The predicted molar refractivity (Wildman–Crippen MR) is 444 cm³/mol. The number of aromatic nitrogens is 8. The maximum Gasteiger partial charge on any atom is 0.494 e. The van der Waals surface area contributed by atoms with E-state index in [1.807, 2.05) is 121 Å². The quantitative estimate of drug-likeness (QED) is 0.111. The van der Waals surface area contributed by atoms with Crippen molar-refractivity contribution in [2.45, 2.75) is 38.9 Å². The van der Waals surface area contributed by atoms with Gasteiger partial charge in [0, 0.05) is 60.7 Å². The summed E-state index contributed by atoms with van der Waals surface area (Å²) >= 11 is 5.99. The van der Waals surface area contributed by atoms with Crippen LogP contribution in [0.1, 0.15) is 27.7 Å². The molecular weight excluding hydrogens is 1340 g/mol. The summed E-state index contributed by atoms with van der Waals surface area (Å²) in [6, 6.07) is 126. The second-order valence-electron chi connectivity index (χ2n) is 27.8. The van der Waals surface area contributed by atoms with Gasteiger partial charge in [-0.3, -0.25) is 0 Å². The van der Waals surface area contributed by atoms with Crippen LogP contribution >= 0.6 is 11.6 Å². The number of halogens is 1. The maximum absolute atomic E-state index is 6.32. The van der Waals surface area contributed by atoms with E-state index < -0.39 is 0 Å². The minimum absolute atomic E-state index is 0.202. The van der Waals surface area contributed by atoms with Crippen molar-refractivity contribution in [1.82, 2.24) is 39.0 Å². The smallest absolute Gasteiger partial charge is 0.399 e. The third-order valence-electron chi connectivity index (χ3n) is 20.3. The molecule has 0 radical (unpaired) electrons. The van der Waals surface area contributed by atoms with Crippen molar-refractivity contribution in [1.29, 1.82) is 0 Å². The number of hydrogen-bond donors (Lipinski definition) is 0. The second kappa shape index (κ2) is 29.5. The molecule has 14 aromatic carbocycles. The van der Waals surface area contributed by atoms with Crippen molar-refractivity contribution in [3.63, 3.8) is 0 Å². The molecule has 0 spiro atoms. The molecule has 0 unspecified atom stereocenters. The van der Waals surface area contributed by atoms with E-state index in [1.54, 1.807) is 0 Å². The molecule has 0 bridgehead atoms. The Hall–Kier alpha value is -13.0. The highest BCUT2D eigenvalue weighted by atomic mass is 35.5. The fourth-order valence-electron chi connectivity index (χ4n) is 14.2. The van der Waals surface area contributed by atoms with E-state index in [4.69, 9.17) is 35.9 Å². The van der Waals surface area contributed by atoms with Crippen molar-refractivity contribution in [3.05, 3.63) is 369 Å². The molecule has 1 fully saturated rings. The molecule has 18 aromatic rings. The van der Waals surface area contributed by atoms with Crippen molar-refractivity contribution in [3.8, 4) is 113 Å². The Bertz CT molecular complexity index is 6150. The van der Waals surface area contributed by atoms with Crippen LogP contribution in [0.15, 0.2) is 364 Å². The zero-order valence-electron chi connectivity index (χ0n) is 60.0. The molecule has 0 amide bonds. The lowest BCUT2D eigenvalue weighted by Crippen LogP contribution is -2.41. The van der Waals surface area contributed by atoms with Gasteiger partial charge in [0.25, 0.3) is 0 Å². The SMILES string of the molecule is CC1(C)OB(c2cccc(-c3cccc(-c4ccc5c(c4)c4ccccc4n5-c4ccccc4)c3)c2)OC1(C)C.Clc1nc(-c2ccccc2)nc(-c2ccccc2)n1.c1ccc(-c2nc(-c3ccccc3)nc(-c3cccc(-c4cccc(-c5ccc6c(c5)c5ccccc5n6-c5ccccc5)c4)c3)n2)cc1. The topological polar surface area (TPSA) is 106 Å². The molecule has 1 aliphatic rings. The molecule has 0 saturated carbocycles. The lowest BCUT2D eigenvalue weighted by molar-refractivity contribution is 0.00578. The van der Waals surface area contributed by atoms with E-state index in [0.717, 1.165) is 55.7 Å². The molecule has 0 atom stereocenters. The van der Waals surface area contributed by atoms with Gasteiger partial charge in [0.15, 0.2) is 29.1 Å². The Morgan fingerprint density at radius 3 is 0.889 bits per heavy atom. The third-order valence-corrected chi connectivity index (χ3v) is 20.5. The highest BCUT2D eigenvalue weighted by Gasteiger charge is 2.51. The van der Waals surface area contributed by atoms with Gasteiger partial charge in [-0.1, -0.05) is 285 Å². The predicted octanol–water partition coefficient (Wildman–Crippen LogP) is 23.6. The molecule has 5 heterocycles. The van der Waals surface area contributed by atoms with Crippen LogP contribution < -0.4 is 5.46 Å². The summed E-state index contributed by atoms with van der Waals surface area (Å²) in [7, 11) is -0.377. The van der Waals surface area contributed by atoms with Crippen LogP contribution in [0.5, 0.6) is 0 Å². The van der Waals surface area contributed by atoms with Gasteiger partial charge < -0.3 is 18.4 Å². The van der Waals surface area contributed by atoms with Gasteiger partial charge in [-0.05, 0) is 168 Å². The summed E-state index contributed by atoms with van der Waals surface area (Å²) < 4.78 is 17.3. The summed E-state index contributed by atoms with van der Waals surface area (Å²) in [4.78, 5) is 27.6. The van der Waals surface area contributed by atoms with Gasteiger partial charge in [-0.25, -0.2) is 19.9 Å². The Kier molecular flexibility index (Phi) is 18.6. The minimum atomic E-state index is -0.377. The van der Waals surface area contributed by atoms with E-state index in [9.17, 15) is 0 Å². The van der Waals surface area contributed by atoms with E-state index in [0.29, 0.717) is 29.1 Å². The first-order valence-corrected chi connectivity index (χ1v) is 36.6. The number of fused-ring (bicyclic) bond motifs is 6. The zero-order valence-corrected chi connectivity index (χ0v) is 60.7. The molecule has 19 rings (SSSR count). The lowest BCUT2D eigenvalue weighted by Gasteiger charge is -2.32. The van der Waals surface area contributed by atoms with Gasteiger partial charge in [-0.2, -0.15) is 9.97 Å². The van der Waals surface area contributed by atoms with Gasteiger partial charge in [0.2, 0.25) is 5.28 Å². The molecular formula is C96H72BClN8O2. The number of hydrogen-bond acceptors (Lipinski definition) is 8. The summed E-state index contributed by atoms with van der Waals surface area (Å²) in [6.07, 6.45) is 0. The Balaban J connectivity index is 0.000000129. The average molecular weight is 1420 g/mol. The molecule has 1 aliphatic heterocycles. The Morgan fingerprint density at radius 2 is 0.509 bits per heavy atom. The number of rotatable bonds is 12. The molecule has 518 valence electrons. The number of para-hydroxylation sites is 4. The number of benzene rings is 14. The zero-order chi connectivity index (χ0) is 73.1. The highest BCUT2D eigenvalue weighted by Crippen LogP contribution is 2.41. The average Bonchev–Trinajstić information content (AvgIpc) is 1.60. The molecule has 12 heteroatoms. The monoisotopic (exact) mass is 1410 g/mol. The highest BCUT2D eigenvalue weighted by molar-refractivity contribution is 6.62. The largest absolute Gasteiger partial charge is 0.494 e. The van der Waals surface area contributed by atoms with Gasteiger partial charge >= 0.3 is 7.12 Å². The van der Waals surface area contributed by atoms with Crippen molar-refractivity contribution in [2.75, 3.05) is 0 Å². The minimum Gasteiger partial charge on any atom is -0.399 e. The van der Waals surface area contributed by atoms with E-state index in [2.05, 4.69) is 294 Å². The van der Waals surface area contributed by atoms with Crippen LogP contribution in [0, 0.1) is 0 Å².